The van der Waals surface area contributed by atoms with Crippen LogP contribution >= 0.6 is 11.3 Å². The summed E-state index contributed by atoms with van der Waals surface area (Å²) in [5, 5.41) is 14.8. The molecule has 7 heteroatoms. The van der Waals surface area contributed by atoms with E-state index in [0.717, 1.165) is 24.0 Å². The third-order valence-corrected chi connectivity index (χ3v) is 8.19. The van der Waals surface area contributed by atoms with E-state index in [1.807, 2.05) is 17.5 Å². The maximum absolute atomic E-state index is 13.1. The molecular weight excluding hydrogens is 462 g/mol. The second-order valence-corrected chi connectivity index (χ2v) is 11.0. The van der Waals surface area contributed by atoms with Crippen molar-refractivity contribution in [1.82, 2.24) is 0 Å². The highest BCUT2D eigenvalue weighted by molar-refractivity contribution is 7.15. The summed E-state index contributed by atoms with van der Waals surface area (Å²) in [5.41, 5.74) is 3.30. The zero-order chi connectivity index (χ0) is 24.9. The number of nitrogens with one attached hydrogen (secondary N) is 1. The molecule has 1 amide bonds. The first-order valence-corrected chi connectivity index (χ1v) is 13.7. The van der Waals surface area contributed by atoms with Crippen LogP contribution in [0.2, 0.25) is 0 Å². The summed E-state index contributed by atoms with van der Waals surface area (Å²) in [6.45, 7) is 3.58. The molecule has 0 spiro atoms. The van der Waals surface area contributed by atoms with Crippen LogP contribution < -0.4 is 5.32 Å². The number of carbonyl (C=O) groups is 3. The number of anilines is 1. The van der Waals surface area contributed by atoms with Crippen molar-refractivity contribution in [3.05, 3.63) is 40.8 Å². The Morgan fingerprint density at radius 2 is 1.57 bits per heavy atom. The molecule has 2 aliphatic rings. The van der Waals surface area contributed by atoms with Crippen LogP contribution in [0.5, 0.6) is 0 Å². The van der Waals surface area contributed by atoms with Crippen LogP contribution in [-0.4, -0.2) is 29.1 Å². The molecule has 2 aromatic rings. The highest BCUT2D eigenvalue weighted by Gasteiger charge is 2.36. The molecule has 0 radical (unpaired) electrons. The van der Waals surface area contributed by atoms with E-state index >= 15 is 0 Å². The summed E-state index contributed by atoms with van der Waals surface area (Å²) >= 11 is 1.28. The molecule has 0 unspecified atom stereocenters. The minimum absolute atomic E-state index is 0.304. The molecule has 4 rings (SSSR count). The lowest BCUT2D eigenvalue weighted by molar-refractivity contribution is -0.147. The predicted octanol–water partition coefficient (Wildman–Crippen LogP) is 6.86. The second kappa shape index (κ2) is 11.4. The first kappa shape index (κ1) is 25.4. The summed E-state index contributed by atoms with van der Waals surface area (Å²) < 4.78 is 5.53. The Hall–Kier alpha value is -2.67. The van der Waals surface area contributed by atoms with Crippen LogP contribution in [0.4, 0.5) is 5.00 Å². The fourth-order valence-corrected chi connectivity index (χ4v) is 6.41. The molecule has 6 nitrogen and oxygen atoms in total. The van der Waals surface area contributed by atoms with E-state index in [1.165, 1.54) is 49.0 Å². The maximum Gasteiger partial charge on any atom is 0.342 e. The van der Waals surface area contributed by atoms with Crippen molar-refractivity contribution in [2.75, 3.05) is 5.32 Å². The van der Waals surface area contributed by atoms with Gasteiger partial charge in [-0.3, -0.25) is 9.59 Å². The van der Waals surface area contributed by atoms with E-state index in [0.29, 0.717) is 29.3 Å². The van der Waals surface area contributed by atoms with E-state index < -0.39 is 23.8 Å². The number of rotatable bonds is 7. The normalized spacial score (nSPS) is 21.0. The molecule has 2 atom stereocenters. The standard InChI is InChI=1S/C28H35NO5S/c1-17(2)34-28(33)24-23(20-14-12-19(13-15-20)18-8-4-3-5-9-18)16-35-26(24)29-25(30)21-10-6-7-11-22(21)27(31)32/h12-18,21-22H,3-11H2,1-2H3,(H,29,30)(H,31,32)/t21-,22+/m1/s1. The van der Waals surface area contributed by atoms with Crippen molar-refractivity contribution in [3.63, 3.8) is 0 Å². The Balaban J connectivity index is 1.61. The number of carboxylic acids is 1. The number of esters is 1. The number of ether oxygens (including phenoxy) is 1. The number of hydrogen-bond acceptors (Lipinski definition) is 5. The van der Waals surface area contributed by atoms with E-state index in [4.69, 9.17) is 4.74 Å². The van der Waals surface area contributed by atoms with Crippen molar-refractivity contribution in [2.45, 2.75) is 83.7 Å². The fourth-order valence-electron chi connectivity index (χ4n) is 5.45. The highest BCUT2D eigenvalue weighted by atomic mass is 32.1. The number of aliphatic carboxylic acids is 1. The molecule has 2 saturated carbocycles. The molecule has 1 aromatic carbocycles. The third-order valence-electron chi connectivity index (χ3n) is 7.29. The second-order valence-electron chi connectivity index (χ2n) is 10.1. The monoisotopic (exact) mass is 497 g/mol. The van der Waals surface area contributed by atoms with Gasteiger partial charge in [0.15, 0.2) is 0 Å². The van der Waals surface area contributed by atoms with Crippen LogP contribution in [0.15, 0.2) is 29.6 Å². The Kier molecular flexibility index (Phi) is 8.26. The van der Waals surface area contributed by atoms with E-state index in [-0.39, 0.29) is 12.0 Å². The van der Waals surface area contributed by atoms with Crippen LogP contribution in [-0.2, 0) is 14.3 Å². The van der Waals surface area contributed by atoms with Gasteiger partial charge in [0.25, 0.3) is 0 Å². The van der Waals surface area contributed by atoms with Gasteiger partial charge in [0, 0.05) is 10.9 Å². The van der Waals surface area contributed by atoms with Gasteiger partial charge < -0.3 is 15.2 Å². The zero-order valence-corrected chi connectivity index (χ0v) is 21.4. The van der Waals surface area contributed by atoms with Crippen molar-refractivity contribution in [1.29, 1.82) is 0 Å². The quantitative estimate of drug-likeness (QED) is 0.408. The van der Waals surface area contributed by atoms with E-state index in [2.05, 4.69) is 17.4 Å². The Labute approximate surface area is 211 Å². The van der Waals surface area contributed by atoms with Crippen LogP contribution in [0.25, 0.3) is 11.1 Å². The molecule has 1 heterocycles. The smallest absolute Gasteiger partial charge is 0.342 e. The molecule has 35 heavy (non-hydrogen) atoms. The van der Waals surface area contributed by atoms with E-state index in [1.54, 1.807) is 13.8 Å². The Morgan fingerprint density at radius 3 is 2.20 bits per heavy atom. The average Bonchev–Trinajstić information content (AvgIpc) is 3.27. The number of benzene rings is 1. The third kappa shape index (κ3) is 5.95. The molecule has 0 saturated heterocycles. The number of amides is 1. The minimum Gasteiger partial charge on any atom is -0.481 e. The van der Waals surface area contributed by atoms with Gasteiger partial charge in [0.1, 0.15) is 10.6 Å². The van der Waals surface area contributed by atoms with Gasteiger partial charge in [-0.05, 0) is 56.6 Å². The summed E-state index contributed by atoms with van der Waals surface area (Å²) in [6.07, 6.45) is 8.67. The highest BCUT2D eigenvalue weighted by Crippen LogP contribution is 2.39. The van der Waals surface area contributed by atoms with Gasteiger partial charge in [-0.25, -0.2) is 4.79 Å². The molecular formula is C28H35NO5S. The number of hydrogen-bond donors (Lipinski definition) is 2. The van der Waals surface area contributed by atoms with E-state index in [9.17, 15) is 19.5 Å². The van der Waals surface area contributed by atoms with Crippen molar-refractivity contribution < 1.29 is 24.2 Å². The van der Waals surface area contributed by atoms with Gasteiger partial charge in [-0.2, -0.15) is 0 Å². The first-order valence-electron chi connectivity index (χ1n) is 12.8. The number of thiophene rings is 1. The minimum atomic E-state index is -0.936. The molecule has 2 N–H and O–H groups in total. The van der Waals surface area contributed by atoms with Crippen molar-refractivity contribution in [3.8, 4) is 11.1 Å². The zero-order valence-electron chi connectivity index (χ0n) is 20.5. The first-order chi connectivity index (χ1) is 16.8. The number of carboxylic acid groups (broad SMARTS) is 1. The summed E-state index contributed by atoms with van der Waals surface area (Å²) in [6, 6.07) is 8.40. The molecule has 0 aliphatic heterocycles. The predicted molar refractivity (Wildman–Crippen MR) is 138 cm³/mol. The van der Waals surface area contributed by atoms with Crippen LogP contribution in [0, 0.1) is 11.8 Å². The van der Waals surface area contributed by atoms with Gasteiger partial charge in [0.2, 0.25) is 5.91 Å². The molecule has 188 valence electrons. The molecule has 2 aliphatic carbocycles. The topological polar surface area (TPSA) is 92.7 Å². The molecule has 1 aromatic heterocycles. The lowest BCUT2D eigenvalue weighted by Gasteiger charge is -2.27. The van der Waals surface area contributed by atoms with Gasteiger partial charge in [-0.1, -0.05) is 56.4 Å². The summed E-state index contributed by atoms with van der Waals surface area (Å²) in [5.74, 6) is -2.46. The molecule has 0 bridgehead atoms. The fraction of sp³-hybridized carbons (Fsp3) is 0.536. The Bertz CT molecular complexity index is 1050. The van der Waals surface area contributed by atoms with Gasteiger partial charge >= 0.3 is 11.9 Å². The summed E-state index contributed by atoms with van der Waals surface area (Å²) in [4.78, 5) is 37.9. The largest absolute Gasteiger partial charge is 0.481 e. The molecule has 2 fully saturated rings. The van der Waals surface area contributed by atoms with Crippen molar-refractivity contribution in [2.24, 2.45) is 11.8 Å². The lowest BCUT2D eigenvalue weighted by Crippen LogP contribution is -2.36. The SMILES string of the molecule is CC(C)OC(=O)c1c(-c2ccc(C3CCCCC3)cc2)csc1NC(=O)[C@@H]1CCCC[C@@H]1C(=O)O. The lowest BCUT2D eigenvalue weighted by atomic mass is 9.78. The van der Waals surface area contributed by atoms with Gasteiger partial charge in [-0.15, -0.1) is 11.3 Å². The van der Waals surface area contributed by atoms with Crippen molar-refractivity contribution >= 4 is 34.2 Å². The van der Waals surface area contributed by atoms with Crippen LogP contribution in [0.3, 0.4) is 0 Å². The maximum atomic E-state index is 13.1. The van der Waals surface area contributed by atoms with Gasteiger partial charge in [0.05, 0.1) is 17.9 Å². The summed E-state index contributed by atoms with van der Waals surface area (Å²) in [7, 11) is 0. The van der Waals surface area contributed by atoms with Crippen LogP contribution in [0.1, 0.15) is 93.5 Å². The number of carbonyl (C=O) groups excluding carboxylic acids is 2. The Morgan fingerprint density at radius 1 is 0.943 bits per heavy atom. The average molecular weight is 498 g/mol.